The number of hydrogen-bond acceptors (Lipinski definition) is 5. The molecule has 2 N–H and O–H groups in total. The summed E-state index contributed by atoms with van der Waals surface area (Å²) in [6.45, 7) is 1.46. The second-order valence-corrected chi connectivity index (χ2v) is 5.08. The molecule has 0 saturated carbocycles. The highest BCUT2D eigenvalue weighted by Gasteiger charge is 2.04. The zero-order valence-corrected chi connectivity index (χ0v) is 12.5. The van der Waals surface area contributed by atoms with Crippen LogP contribution in [0.3, 0.4) is 0 Å². The molecule has 22 heavy (non-hydrogen) atoms. The van der Waals surface area contributed by atoms with Crippen LogP contribution < -0.4 is 10.2 Å². The van der Waals surface area contributed by atoms with Gasteiger partial charge in [-0.1, -0.05) is 0 Å². The number of nitrogens with one attached hydrogen (secondary N) is 1. The van der Waals surface area contributed by atoms with Gasteiger partial charge < -0.3 is 15.3 Å². The fourth-order valence-corrected chi connectivity index (χ4v) is 2.31. The summed E-state index contributed by atoms with van der Waals surface area (Å²) >= 11 is 0. The van der Waals surface area contributed by atoms with Gasteiger partial charge in [0.25, 0.3) is 0 Å². The molecule has 6 heteroatoms. The summed E-state index contributed by atoms with van der Waals surface area (Å²) in [6, 6.07) is 10.0. The van der Waals surface area contributed by atoms with E-state index in [0.29, 0.717) is 18.9 Å². The molecule has 114 valence electrons. The highest BCUT2D eigenvalue weighted by atomic mass is 16.3. The Labute approximate surface area is 129 Å². The van der Waals surface area contributed by atoms with Gasteiger partial charge in [0.05, 0.1) is 25.0 Å². The van der Waals surface area contributed by atoms with Crippen LogP contribution in [0.15, 0.2) is 48.9 Å². The van der Waals surface area contributed by atoms with Gasteiger partial charge in [-0.15, -0.1) is 0 Å². The van der Waals surface area contributed by atoms with E-state index in [0.717, 1.165) is 17.1 Å². The summed E-state index contributed by atoms with van der Waals surface area (Å²) in [5, 5.41) is 12.3. The van der Waals surface area contributed by atoms with Crippen LogP contribution in [0.4, 0.5) is 11.4 Å². The Kier molecular flexibility index (Phi) is 4.20. The van der Waals surface area contributed by atoms with Crippen LogP contribution in [0.2, 0.25) is 0 Å². The van der Waals surface area contributed by atoms with Crippen molar-refractivity contribution in [1.29, 1.82) is 0 Å². The van der Waals surface area contributed by atoms with E-state index >= 15 is 0 Å². The molecule has 6 nitrogen and oxygen atoms in total. The van der Waals surface area contributed by atoms with Gasteiger partial charge in [-0.25, -0.2) is 9.97 Å². The third-order valence-corrected chi connectivity index (χ3v) is 3.58. The van der Waals surface area contributed by atoms with Gasteiger partial charge in [0.15, 0.2) is 0 Å². The van der Waals surface area contributed by atoms with E-state index in [9.17, 15) is 0 Å². The van der Waals surface area contributed by atoms with E-state index in [2.05, 4.69) is 15.3 Å². The summed E-state index contributed by atoms with van der Waals surface area (Å²) < 4.78 is 1.97. The van der Waals surface area contributed by atoms with Crippen LogP contribution in [0.1, 0.15) is 5.69 Å². The second kappa shape index (κ2) is 6.44. The summed E-state index contributed by atoms with van der Waals surface area (Å²) in [7, 11) is 1.96. The van der Waals surface area contributed by atoms with Crippen LogP contribution in [0.25, 0.3) is 5.78 Å². The molecule has 2 heterocycles. The monoisotopic (exact) mass is 297 g/mol. The van der Waals surface area contributed by atoms with Crippen molar-refractivity contribution < 1.29 is 5.11 Å². The average Bonchev–Trinajstić information content (AvgIpc) is 2.97. The van der Waals surface area contributed by atoms with Crippen molar-refractivity contribution >= 4 is 17.2 Å². The van der Waals surface area contributed by atoms with Crippen LogP contribution in [-0.2, 0) is 6.54 Å². The van der Waals surface area contributed by atoms with Gasteiger partial charge >= 0.3 is 0 Å². The first-order valence-electron chi connectivity index (χ1n) is 7.21. The van der Waals surface area contributed by atoms with Crippen molar-refractivity contribution in [3.8, 4) is 0 Å². The average molecular weight is 297 g/mol. The first-order chi connectivity index (χ1) is 10.8. The lowest BCUT2D eigenvalue weighted by Gasteiger charge is -2.18. The number of aromatic nitrogens is 3. The molecule has 3 rings (SSSR count). The van der Waals surface area contributed by atoms with Crippen molar-refractivity contribution in [3.63, 3.8) is 0 Å². The normalized spacial score (nSPS) is 10.8. The molecular weight excluding hydrogens is 278 g/mol. The molecule has 0 spiro atoms. The molecule has 2 aromatic heterocycles. The maximum absolute atomic E-state index is 8.96. The zero-order chi connectivity index (χ0) is 15.4. The van der Waals surface area contributed by atoms with Gasteiger partial charge in [-0.3, -0.25) is 4.40 Å². The Bertz CT molecular complexity index is 738. The van der Waals surface area contributed by atoms with Crippen molar-refractivity contribution in [2.24, 2.45) is 0 Å². The predicted octanol–water partition coefficient (Wildman–Crippen LogP) is 1.77. The van der Waals surface area contributed by atoms with Crippen molar-refractivity contribution in [2.45, 2.75) is 6.54 Å². The number of aliphatic hydroxyl groups excluding tert-OH is 1. The van der Waals surface area contributed by atoms with E-state index in [-0.39, 0.29) is 6.61 Å². The molecule has 0 atom stereocenters. The molecule has 0 aliphatic carbocycles. The lowest BCUT2D eigenvalue weighted by atomic mass is 10.2. The third kappa shape index (κ3) is 3.01. The number of hydrogen-bond donors (Lipinski definition) is 2. The smallest absolute Gasteiger partial charge is 0.233 e. The van der Waals surface area contributed by atoms with Crippen molar-refractivity contribution in [1.82, 2.24) is 14.4 Å². The Hall–Kier alpha value is -2.60. The van der Waals surface area contributed by atoms with Crippen LogP contribution in [-0.4, -0.2) is 39.7 Å². The summed E-state index contributed by atoms with van der Waals surface area (Å²) in [5.74, 6) is 0.709. The number of likely N-dealkylation sites (N-methyl/N-ethyl adjacent to an activating group) is 1. The van der Waals surface area contributed by atoms with Gasteiger partial charge in [0, 0.05) is 37.4 Å². The van der Waals surface area contributed by atoms with Crippen molar-refractivity contribution in [3.05, 3.63) is 54.6 Å². The first kappa shape index (κ1) is 14.3. The number of benzene rings is 1. The largest absolute Gasteiger partial charge is 0.395 e. The first-order valence-corrected chi connectivity index (χ1v) is 7.21. The maximum atomic E-state index is 8.96. The highest BCUT2D eigenvalue weighted by Crippen LogP contribution is 2.17. The van der Waals surface area contributed by atoms with Crippen LogP contribution in [0, 0.1) is 0 Å². The summed E-state index contributed by atoms with van der Waals surface area (Å²) in [6.07, 6.45) is 5.53. The number of aliphatic hydroxyl groups is 1. The molecule has 0 saturated heterocycles. The minimum Gasteiger partial charge on any atom is -0.395 e. The quantitative estimate of drug-likeness (QED) is 0.726. The minimum atomic E-state index is 0.152. The van der Waals surface area contributed by atoms with Gasteiger partial charge in [0.2, 0.25) is 5.78 Å². The molecule has 0 aliphatic heterocycles. The van der Waals surface area contributed by atoms with Gasteiger partial charge in [-0.05, 0) is 30.3 Å². The molecule has 0 bridgehead atoms. The minimum absolute atomic E-state index is 0.152. The van der Waals surface area contributed by atoms with Gasteiger partial charge in [-0.2, -0.15) is 0 Å². The lowest BCUT2D eigenvalue weighted by Crippen LogP contribution is -2.20. The van der Waals surface area contributed by atoms with E-state index in [1.807, 2.05) is 59.1 Å². The fourth-order valence-electron chi connectivity index (χ4n) is 2.31. The topological polar surface area (TPSA) is 65.7 Å². The van der Waals surface area contributed by atoms with E-state index in [1.165, 1.54) is 0 Å². The number of anilines is 2. The standard InChI is InChI=1S/C16H19N5O/c1-20(9-10-22)14-5-3-13(4-6-14)18-11-15-12-19-16-17-7-2-8-21(15)16/h2-8,12,18,22H,9-11H2,1H3. The fraction of sp³-hybridized carbons (Fsp3) is 0.250. The second-order valence-electron chi connectivity index (χ2n) is 5.08. The maximum Gasteiger partial charge on any atom is 0.233 e. The molecule has 3 aromatic rings. The Balaban J connectivity index is 1.66. The molecule has 1 aromatic carbocycles. The molecule has 0 radical (unpaired) electrons. The summed E-state index contributed by atoms with van der Waals surface area (Å²) in [5.41, 5.74) is 3.18. The number of nitrogens with zero attached hydrogens (tertiary/aromatic N) is 4. The molecule has 0 aliphatic rings. The zero-order valence-electron chi connectivity index (χ0n) is 12.5. The predicted molar refractivity (Wildman–Crippen MR) is 87.1 cm³/mol. The summed E-state index contributed by atoms with van der Waals surface area (Å²) in [4.78, 5) is 10.5. The number of imidazole rings is 1. The molecular formula is C16H19N5O. The molecule has 0 amide bonds. The number of rotatable bonds is 6. The van der Waals surface area contributed by atoms with Crippen LogP contribution >= 0.6 is 0 Å². The Morgan fingerprint density at radius 1 is 1.23 bits per heavy atom. The third-order valence-electron chi connectivity index (χ3n) is 3.58. The van der Waals surface area contributed by atoms with Gasteiger partial charge in [0.1, 0.15) is 0 Å². The SMILES string of the molecule is CN(CCO)c1ccc(NCc2cnc3ncccn23)cc1. The Morgan fingerprint density at radius 3 is 2.82 bits per heavy atom. The van der Waals surface area contributed by atoms with E-state index in [4.69, 9.17) is 5.11 Å². The highest BCUT2D eigenvalue weighted by molar-refractivity contribution is 5.54. The van der Waals surface area contributed by atoms with E-state index < -0.39 is 0 Å². The Morgan fingerprint density at radius 2 is 2.05 bits per heavy atom. The molecule has 0 unspecified atom stereocenters. The lowest BCUT2D eigenvalue weighted by molar-refractivity contribution is 0.304. The van der Waals surface area contributed by atoms with Crippen molar-refractivity contribution in [2.75, 3.05) is 30.4 Å². The number of fused-ring (bicyclic) bond motifs is 1. The van der Waals surface area contributed by atoms with E-state index in [1.54, 1.807) is 6.20 Å². The molecule has 0 fully saturated rings. The van der Waals surface area contributed by atoms with Crippen LogP contribution in [0.5, 0.6) is 0 Å².